The molecule has 0 N–H and O–H groups in total. The number of halogens is 2. The number of hydrogen-bond donors (Lipinski definition) is 0. The van der Waals surface area contributed by atoms with Crippen LogP contribution in [0, 0.1) is 5.92 Å². The third-order valence-electron chi connectivity index (χ3n) is 3.12. The summed E-state index contributed by atoms with van der Waals surface area (Å²) in [5.74, 6) is 1.72. The molecule has 0 atom stereocenters. The van der Waals surface area contributed by atoms with E-state index in [1.807, 2.05) is 0 Å². The number of rotatable bonds is 4. The van der Waals surface area contributed by atoms with Crippen LogP contribution in [0.2, 0.25) is 0 Å². The lowest BCUT2D eigenvalue weighted by molar-refractivity contribution is 0.661. The van der Waals surface area contributed by atoms with Crippen molar-refractivity contribution in [1.82, 2.24) is 0 Å². The fourth-order valence-electron chi connectivity index (χ4n) is 2.24. The fraction of sp³-hybridized carbons (Fsp3) is 0.538. The minimum atomic E-state index is 0.410. The van der Waals surface area contributed by atoms with E-state index < -0.39 is 0 Å². The van der Waals surface area contributed by atoms with Crippen LogP contribution in [-0.2, 0) is 19.3 Å². The molecule has 0 nitrogen and oxygen atoms in total. The molecule has 0 spiro atoms. The lowest BCUT2D eigenvalue weighted by Crippen LogP contribution is -2.08. The van der Waals surface area contributed by atoms with Crippen LogP contribution < -0.4 is 0 Å². The number of alkyl halides is 2. The van der Waals surface area contributed by atoms with Gasteiger partial charge in [-0.15, -0.1) is 23.2 Å². The van der Waals surface area contributed by atoms with E-state index in [0.29, 0.717) is 17.7 Å². The molecule has 0 unspecified atom stereocenters. The Morgan fingerprint density at radius 2 is 1.80 bits per heavy atom. The van der Waals surface area contributed by atoms with Crippen LogP contribution >= 0.6 is 23.2 Å². The average Bonchev–Trinajstić information content (AvgIpc) is 2.73. The van der Waals surface area contributed by atoms with Crippen LogP contribution in [0.15, 0.2) is 18.2 Å². The van der Waals surface area contributed by atoms with E-state index in [0.717, 1.165) is 6.42 Å². The Morgan fingerprint density at radius 3 is 2.53 bits per heavy atom. The van der Waals surface area contributed by atoms with Crippen molar-refractivity contribution in [2.75, 3.05) is 11.8 Å². The van der Waals surface area contributed by atoms with Gasteiger partial charge < -0.3 is 0 Å². The summed E-state index contributed by atoms with van der Waals surface area (Å²) in [5.41, 5.74) is 4.46. The van der Waals surface area contributed by atoms with Crippen molar-refractivity contribution in [2.24, 2.45) is 5.92 Å². The van der Waals surface area contributed by atoms with Crippen LogP contribution in [0.25, 0.3) is 0 Å². The smallest absolute Gasteiger partial charge is 0.0266 e. The molecule has 1 aromatic carbocycles. The molecule has 0 saturated heterocycles. The van der Waals surface area contributed by atoms with E-state index >= 15 is 0 Å². The van der Waals surface area contributed by atoms with Gasteiger partial charge in [0.15, 0.2) is 0 Å². The highest BCUT2D eigenvalue weighted by Gasteiger charge is 2.12. The van der Waals surface area contributed by atoms with Gasteiger partial charge in [0, 0.05) is 11.8 Å². The summed E-state index contributed by atoms with van der Waals surface area (Å²) in [4.78, 5) is 0. The minimum Gasteiger partial charge on any atom is -0.126 e. The highest BCUT2D eigenvalue weighted by molar-refractivity contribution is 6.20. The summed E-state index contributed by atoms with van der Waals surface area (Å²) in [6.45, 7) is 0. The van der Waals surface area contributed by atoms with Gasteiger partial charge in [0.25, 0.3) is 0 Å². The van der Waals surface area contributed by atoms with Gasteiger partial charge in [-0.3, -0.25) is 0 Å². The molecule has 15 heavy (non-hydrogen) atoms. The number of aryl methyl sites for hydroxylation is 2. The highest BCUT2D eigenvalue weighted by atomic mass is 35.5. The minimum absolute atomic E-state index is 0.410. The predicted octanol–water partition coefficient (Wildman–Crippen LogP) is 3.81. The van der Waals surface area contributed by atoms with E-state index in [-0.39, 0.29) is 0 Å². The van der Waals surface area contributed by atoms with Crippen LogP contribution in [0.1, 0.15) is 23.1 Å². The van der Waals surface area contributed by atoms with Crippen molar-refractivity contribution in [3.8, 4) is 0 Å². The van der Waals surface area contributed by atoms with E-state index in [2.05, 4.69) is 18.2 Å². The molecule has 1 aliphatic carbocycles. The van der Waals surface area contributed by atoms with Crippen molar-refractivity contribution in [3.05, 3.63) is 34.9 Å². The molecule has 2 heteroatoms. The molecule has 0 amide bonds. The Morgan fingerprint density at radius 1 is 1.07 bits per heavy atom. The molecule has 2 rings (SSSR count). The van der Waals surface area contributed by atoms with Gasteiger partial charge in [0.1, 0.15) is 0 Å². The second-order valence-corrected chi connectivity index (χ2v) is 4.95. The molecule has 1 aliphatic rings. The quantitative estimate of drug-likeness (QED) is 0.705. The fourth-order valence-corrected chi connectivity index (χ4v) is 2.78. The first kappa shape index (κ1) is 11.3. The van der Waals surface area contributed by atoms with Crippen LogP contribution in [-0.4, -0.2) is 11.8 Å². The van der Waals surface area contributed by atoms with Gasteiger partial charge in [-0.05, 0) is 48.3 Å². The Balaban J connectivity index is 2.09. The monoisotopic (exact) mass is 242 g/mol. The van der Waals surface area contributed by atoms with Crippen molar-refractivity contribution >= 4 is 23.2 Å². The largest absolute Gasteiger partial charge is 0.126 e. The van der Waals surface area contributed by atoms with Crippen molar-refractivity contribution in [1.29, 1.82) is 0 Å². The molecule has 0 radical (unpaired) electrons. The standard InChI is InChI=1S/C13H16Cl2/c14-8-11(9-15)6-10-4-5-12-2-1-3-13(12)7-10/h4-5,7,11H,1-3,6,8-9H2. The molecule has 0 aliphatic heterocycles. The zero-order valence-electron chi connectivity index (χ0n) is 8.81. The SMILES string of the molecule is ClCC(CCl)Cc1ccc2c(c1)CCC2. The van der Waals surface area contributed by atoms with Crippen LogP contribution in [0.4, 0.5) is 0 Å². The summed E-state index contributed by atoms with van der Waals surface area (Å²) >= 11 is 11.7. The number of fused-ring (bicyclic) bond motifs is 1. The molecule has 0 bridgehead atoms. The molecule has 0 aromatic heterocycles. The molecule has 0 heterocycles. The third kappa shape index (κ3) is 2.68. The predicted molar refractivity (Wildman–Crippen MR) is 67.1 cm³/mol. The summed E-state index contributed by atoms with van der Waals surface area (Å²) in [6, 6.07) is 6.85. The Labute approximate surface area is 102 Å². The first-order valence-corrected chi connectivity index (χ1v) is 6.63. The molecule has 1 aromatic rings. The first-order chi connectivity index (χ1) is 7.33. The van der Waals surface area contributed by atoms with Gasteiger partial charge in [-0.2, -0.15) is 0 Å². The summed E-state index contributed by atoms with van der Waals surface area (Å²) < 4.78 is 0. The van der Waals surface area contributed by atoms with E-state index in [1.54, 1.807) is 0 Å². The van der Waals surface area contributed by atoms with Crippen molar-refractivity contribution in [3.63, 3.8) is 0 Å². The summed E-state index contributed by atoms with van der Waals surface area (Å²) in [6.07, 6.45) is 4.83. The molecule has 0 fully saturated rings. The lowest BCUT2D eigenvalue weighted by Gasteiger charge is -2.11. The van der Waals surface area contributed by atoms with Crippen LogP contribution in [0.5, 0.6) is 0 Å². The Kier molecular flexibility index (Phi) is 3.93. The second-order valence-electron chi connectivity index (χ2n) is 4.34. The maximum atomic E-state index is 5.85. The molecular formula is C13H16Cl2. The lowest BCUT2D eigenvalue weighted by atomic mass is 9.99. The van der Waals surface area contributed by atoms with Crippen LogP contribution in [0.3, 0.4) is 0 Å². The van der Waals surface area contributed by atoms with E-state index in [9.17, 15) is 0 Å². The Bertz CT molecular complexity index is 329. The second kappa shape index (κ2) is 5.23. The van der Waals surface area contributed by atoms with Crippen molar-refractivity contribution in [2.45, 2.75) is 25.7 Å². The normalized spacial score (nSPS) is 14.6. The zero-order chi connectivity index (χ0) is 10.7. The molecule has 82 valence electrons. The highest BCUT2D eigenvalue weighted by Crippen LogP contribution is 2.24. The van der Waals surface area contributed by atoms with Gasteiger partial charge in [-0.25, -0.2) is 0 Å². The third-order valence-corrected chi connectivity index (χ3v) is 4.00. The van der Waals surface area contributed by atoms with E-state index in [1.165, 1.54) is 36.0 Å². The maximum Gasteiger partial charge on any atom is 0.0266 e. The van der Waals surface area contributed by atoms with Gasteiger partial charge in [0.05, 0.1) is 0 Å². The Hall–Kier alpha value is -0.200. The molecule has 0 saturated carbocycles. The maximum absolute atomic E-state index is 5.85. The molecular weight excluding hydrogens is 227 g/mol. The number of hydrogen-bond acceptors (Lipinski definition) is 0. The zero-order valence-corrected chi connectivity index (χ0v) is 10.3. The summed E-state index contributed by atoms with van der Waals surface area (Å²) in [7, 11) is 0. The number of benzene rings is 1. The van der Waals surface area contributed by atoms with E-state index in [4.69, 9.17) is 23.2 Å². The van der Waals surface area contributed by atoms with Gasteiger partial charge in [0.2, 0.25) is 0 Å². The van der Waals surface area contributed by atoms with Crippen molar-refractivity contribution < 1.29 is 0 Å². The topological polar surface area (TPSA) is 0 Å². The van der Waals surface area contributed by atoms with Gasteiger partial charge >= 0.3 is 0 Å². The summed E-state index contributed by atoms with van der Waals surface area (Å²) in [5, 5.41) is 0. The average molecular weight is 243 g/mol. The van der Waals surface area contributed by atoms with Gasteiger partial charge in [-0.1, -0.05) is 18.2 Å². The first-order valence-electron chi connectivity index (χ1n) is 5.56.